The van der Waals surface area contributed by atoms with Crippen molar-refractivity contribution in [2.45, 2.75) is 46.6 Å². The topological polar surface area (TPSA) is 84.0 Å². The maximum absolute atomic E-state index is 13.0. The molecule has 8 heteroatoms. The molecule has 1 unspecified atom stereocenters. The summed E-state index contributed by atoms with van der Waals surface area (Å²) in [6, 6.07) is 4.63. The quantitative estimate of drug-likeness (QED) is 0.672. The largest absolute Gasteiger partial charge is 0.466 e. The fourth-order valence-corrected chi connectivity index (χ4v) is 4.89. The van der Waals surface area contributed by atoms with E-state index >= 15 is 0 Å². The fraction of sp³-hybridized carbons (Fsp3) is 0.600. The number of hydrogen-bond acceptors (Lipinski definition) is 5. The lowest BCUT2D eigenvalue weighted by atomic mass is 9.96. The van der Waals surface area contributed by atoms with Crippen LogP contribution in [-0.2, 0) is 24.3 Å². The van der Waals surface area contributed by atoms with Gasteiger partial charge in [-0.3, -0.25) is 13.9 Å². The van der Waals surface area contributed by atoms with E-state index in [9.17, 15) is 18.0 Å². The van der Waals surface area contributed by atoms with E-state index in [0.717, 1.165) is 17.4 Å². The highest BCUT2D eigenvalue weighted by molar-refractivity contribution is 7.92. The fourth-order valence-electron chi connectivity index (χ4n) is 3.74. The number of likely N-dealkylation sites (tertiary alicyclic amines) is 1. The standard InChI is InChI=1S/C20H30N2O5S/c1-6-27-20(24)17-7-9-21(10-8-17)19(23)16(4)22(28(5,25)26)18-12-14(2)11-15(3)13-18/h11-13,16-17H,6-10H2,1-5H3. The molecule has 1 aliphatic rings. The number of carbonyl (C=O) groups is 2. The normalized spacial score (nSPS) is 16.5. The minimum absolute atomic E-state index is 0.204. The third-order valence-electron chi connectivity index (χ3n) is 4.95. The highest BCUT2D eigenvalue weighted by Crippen LogP contribution is 2.26. The van der Waals surface area contributed by atoms with E-state index in [1.54, 1.807) is 30.9 Å². The zero-order chi connectivity index (χ0) is 21.1. The van der Waals surface area contributed by atoms with Crippen LogP contribution < -0.4 is 4.31 Å². The molecule has 1 fully saturated rings. The Morgan fingerprint density at radius 2 is 1.71 bits per heavy atom. The van der Waals surface area contributed by atoms with Gasteiger partial charge in [-0.15, -0.1) is 0 Å². The van der Waals surface area contributed by atoms with Gasteiger partial charge in [0.25, 0.3) is 0 Å². The zero-order valence-corrected chi connectivity index (χ0v) is 18.1. The number of sulfonamides is 1. The van der Waals surface area contributed by atoms with Crippen molar-refractivity contribution in [3.8, 4) is 0 Å². The molecule has 156 valence electrons. The summed E-state index contributed by atoms with van der Waals surface area (Å²) in [5.41, 5.74) is 2.35. The van der Waals surface area contributed by atoms with Crippen molar-refractivity contribution in [2.75, 3.05) is 30.3 Å². The van der Waals surface area contributed by atoms with Crippen LogP contribution in [0.3, 0.4) is 0 Å². The van der Waals surface area contributed by atoms with E-state index in [1.807, 2.05) is 19.9 Å². The number of anilines is 1. The molecule has 1 aromatic carbocycles. The van der Waals surface area contributed by atoms with Crippen LogP contribution in [0.15, 0.2) is 18.2 Å². The number of benzene rings is 1. The van der Waals surface area contributed by atoms with E-state index in [2.05, 4.69) is 0 Å². The molecule has 1 aliphatic heterocycles. The van der Waals surface area contributed by atoms with Gasteiger partial charge in [-0.05, 0) is 63.8 Å². The first-order valence-electron chi connectivity index (χ1n) is 9.57. The van der Waals surface area contributed by atoms with Crippen LogP contribution in [0.2, 0.25) is 0 Å². The summed E-state index contributed by atoms with van der Waals surface area (Å²) in [6.45, 7) is 8.33. The molecule has 0 spiro atoms. The Labute approximate surface area is 167 Å². The van der Waals surface area contributed by atoms with Gasteiger partial charge in [0, 0.05) is 13.1 Å². The third-order valence-corrected chi connectivity index (χ3v) is 6.20. The Kier molecular flexibility index (Phi) is 7.09. The first-order chi connectivity index (χ1) is 13.0. The number of hydrogen-bond donors (Lipinski definition) is 0. The highest BCUT2D eigenvalue weighted by Gasteiger charge is 2.35. The van der Waals surface area contributed by atoms with E-state index in [1.165, 1.54) is 4.31 Å². The van der Waals surface area contributed by atoms with Gasteiger partial charge >= 0.3 is 5.97 Å². The minimum atomic E-state index is -3.65. The second-order valence-electron chi connectivity index (χ2n) is 7.43. The molecule has 28 heavy (non-hydrogen) atoms. The molecule has 0 bridgehead atoms. The van der Waals surface area contributed by atoms with E-state index in [0.29, 0.717) is 38.2 Å². The number of ether oxygens (including phenoxy) is 1. The van der Waals surface area contributed by atoms with Gasteiger partial charge in [-0.25, -0.2) is 8.42 Å². The van der Waals surface area contributed by atoms with Crippen molar-refractivity contribution >= 4 is 27.6 Å². The summed E-state index contributed by atoms with van der Waals surface area (Å²) in [6.07, 6.45) is 2.17. The molecule has 1 aromatic rings. The van der Waals surface area contributed by atoms with Crippen molar-refractivity contribution < 1.29 is 22.7 Å². The predicted octanol–water partition coefficient (Wildman–Crippen LogP) is 2.26. The maximum Gasteiger partial charge on any atom is 0.309 e. The lowest BCUT2D eigenvalue weighted by Crippen LogP contribution is -2.51. The molecule has 7 nitrogen and oxygen atoms in total. The van der Waals surface area contributed by atoms with Crippen molar-refractivity contribution in [1.82, 2.24) is 4.90 Å². The second-order valence-corrected chi connectivity index (χ2v) is 9.29. The van der Waals surface area contributed by atoms with Crippen LogP contribution in [0.4, 0.5) is 5.69 Å². The first kappa shape index (κ1) is 22.2. The minimum Gasteiger partial charge on any atom is -0.466 e. The summed E-state index contributed by atoms with van der Waals surface area (Å²) in [5.74, 6) is -0.688. The first-order valence-corrected chi connectivity index (χ1v) is 11.4. The average Bonchev–Trinajstić information content (AvgIpc) is 2.59. The van der Waals surface area contributed by atoms with Crippen LogP contribution in [0, 0.1) is 19.8 Å². The van der Waals surface area contributed by atoms with Gasteiger partial charge in [-0.1, -0.05) is 6.07 Å². The summed E-state index contributed by atoms with van der Waals surface area (Å²) < 4.78 is 31.2. The van der Waals surface area contributed by atoms with Crippen LogP contribution >= 0.6 is 0 Å². The van der Waals surface area contributed by atoms with Crippen molar-refractivity contribution in [3.63, 3.8) is 0 Å². The van der Waals surface area contributed by atoms with Gasteiger partial charge in [-0.2, -0.15) is 0 Å². The molecule has 1 heterocycles. The molecule has 1 amide bonds. The zero-order valence-electron chi connectivity index (χ0n) is 17.3. The maximum atomic E-state index is 13.0. The van der Waals surface area contributed by atoms with Crippen LogP contribution in [0.1, 0.15) is 37.8 Å². The van der Waals surface area contributed by atoms with Gasteiger partial charge in [0.05, 0.1) is 24.5 Å². The van der Waals surface area contributed by atoms with E-state index < -0.39 is 16.1 Å². The van der Waals surface area contributed by atoms with Gasteiger partial charge in [0.15, 0.2) is 0 Å². The molecule has 0 N–H and O–H groups in total. The summed E-state index contributed by atoms with van der Waals surface area (Å²) in [5, 5.41) is 0. The molecule has 2 rings (SSSR count). The van der Waals surface area contributed by atoms with Crippen molar-refractivity contribution in [2.24, 2.45) is 5.92 Å². The van der Waals surface area contributed by atoms with E-state index in [-0.39, 0.29) is 17.8 Å². The third kappa shape index (κ3) is 5.25. The van der Waals surface area contributed by atoms with Crippen molar-refractivity contribution in [1.29, 1.82) is 0 Å². The monoisotopic (exact) mass is 410 g/mol. The lowest BCUT2D eigenvalue weighted by molar-refractivity contribution is -0.151. The van der Waals surface area contributed by atoms with Gasteiger partial charge in [0.1, 0.15) is 6.04 Å². The van der Waals surface area contributed by atoms with Crippen LogP contribution in [-0.4, -0.2) is 57.2 Å². The Morgan fingerprint density at radius 3 is 2.18 bits per heavy atom. The molecule has 0 radical (unpaired) electrons. The van der Waals surface area contributed by atoms with E-state index in [4.69, 9.17) is 4.74 Å². The van der Waals surface area contributed by atoms with Crippen LogP contribution in [0.25, 0.3) is 0 Å². The Hall–Kier alpha value is -2.09. The summed E-state index contributed by atoms with van der Waals surface area (Å²) >= 11 is 0. The number of carbonyl (C=O) groups excluding carboxylic acids is 2. The van der Waals surface area contributed by atoms with Gasteiger partial charge in [0.2, 0.25) is 15.9 Å². The number of amides is 1. The Balaban J connectivity index is 2.18. The predicted molar refractivity (Wildman–Crippen MR) is 109 cm³/mol. The number of piperidine rings is 1. The SMILES string of the molecule is CCOC(=O)C1CCN(C(=O)C(C)N(c2cc(C)cc(C)c2)S(C)(=O)=O)CC1. The smallest absolute Gasteiger partial charge is 0.309 e. The van der Waals surface area contributed by atoms with Crippen molar-refractivity contribution in [3.05, 3.63) is 29.3 Å². The Morgan fingerprint density at radius 1 is 1.18 bits per heavy atom. The second kappa shape index (κ2) is 8.94. The Bertz CT molecular complexity index is 809. The molecular formula is C20H30N2O5S. The molecule has 1 atom stereocenters. The highest BCUT2D eigenvalue weighted by atomic mass is 32.2. The molecule has 1 saturated heterocycles. The summed E-state index contributed by atoms with van der Waals surface area (Å²) in [4.78, 5) is 26.6. The molecular weight excluding hydrogens is 380 g/mol. The molecule has 0 aromatic heterocycles. The number of esters is 1. The van der Waals surface area contributed by atoms with Crippen LogP contribution in [0.5, 0.6) is 0 Å². The van der Waals surface area contributed by atoms with Gasteiger partial charge < -0.3 is 9.64 Å². The molecule has 0 aliphatic carbocycles. The summed E-state index contributed by atoms with van der Waals surface area (Å²) in [7, 11) is -3.65. The average molecular weight is 411 g/mol. The number of nitrogens with zero attached hydrogens (tertiary/aromatic N) is 2. The lowest BCUT2D eigenvalue weighted by Gasteiger charge is -2.36. The number of aryl methyl sites for hydroxylation is 2. The number of rotatable bonds is 6. The molecule has 0 saturated carbocycles.